The van der Waals surface area contributed by atoms with E-state index >= 15 is 0 Å². The van der Waals surface area contributed by atoms with Crippen molar-refractivity contribution < 1.29 is 0 Å². The van der Waals surface area contributed by atoms with E-state index < -0.39 is 0 Å². The lowest BCUT2D eigenvalue weighted by Crippen LogP contribution is -2.04. The van der Waals surface area contributed by atoms with Crippen LogP contribution in [0.25, 0.3) is 0 Å². The summed E-state index contributed by atoms with van der Waals surface area (Å²) >= 11 is 0. The second-order valence-corrected chi connectivity index (χ2v) is 2.73. The molecule has 2 nitrogen and oxygen atoms in total. The van der Waals surface area contributed by atoms with Gasteiger partial charge in [-0.2, -0.15) is 0 Å². The van der Waals surface area contributed by atoms with E-state index in [1.54, 1.807) is 0 Å². The third kappa shape index (κ3) is 2.47. The summed E-state index contributed by atoms with van der Waals surface area (Å²) in [5.74, 6) is 0. The van der Waals surface area contributed by atoms with Crippen molar-refractivity contribution >= 4 is 6.72 Å². The van der Waals surface area contributed by atoms with E-state index in [9.17, 15) is 0 Å². The van der Waals surface area contributed by atoms with Crippen molar-refractivity contribution in [2.75, 3.05) is 7.05 Å². The fourth-order valence-electron chi connectivity index (χ4n) is 1.17. The molecule has 0 aliphatic rings. The van der Waals surface area contributed by atoms with Crippen LogP contribution in [-0.4, -0.2) is 13.8 Å². The van der Waals surface area contributed by atoms with Crippen LogP contribution < -0.4 is 5.32 Å². The molecule has 0 unspecified atom stereocenters. The summed E-state index contributed by atoms with van der Waals surface area (Å²) in [7, 11) is 1.94. The molecule has 12 heavy (non-hydrogen) atoms. The van der Waals surface area contributed by atoms with Crippen molar-refractivity contribution in [3.63, 3.8) is 0 Å². The maximum absolute atomic E-state index is 3.84. The van der Waals surface area contributed by atoms with Crippen LogP contribution in [0.4, 0.5) is 0 Å². The first-order chi connectivity index (χ1) is 5.86. The lowest BCUT2D eigenvalue weighted by molar-refractivity contribution is 0.815. The summed E-state index contributed by atoms with van der Waals surface area (Å²) in [4.78, 5) is 3.84. The summed E-state index contributed by atoms with van der Waals surface area (Å²) in [5, 5.41) is 3.11. The Kier molecular flexibility index (Phi) is 3.48. The quantitative estimate of drug-likeness (QED) is 0.668. The average Bonchev–Trinajstić information content (AvgIpc) is 2.06. The minimum atomic E-state index is 0.706. The van der Waals surface area contributed by atoms with Gasteiger partial charge < -0.3 is 5.32 Å². The van der Waals surface area contributed by atoms with Gasteiger partial charge in [-0.1, -0.05) is 24.3 Å². The third-order valence-electron chi connectivity index (χ3n) is 1.67. The molecule has 0 radical (unpaired) electrons. The minimum Gasteiger partial charge on any atom is -0.316 e. The zero-order valence-electron chi connectivity index (χ0n) is 7.38. The molecule has 0 aliphatic carbocycles. The van der Waals surface area contributed by atoms with Gasteiger partial charge in [0.05, 0.1) is 6.54 Å². The Labute approximate surface area is 73.3 Å². The maximum atomic E-state index is 3.84. The van der Waals surface area contributed by atoms with Crippen LogP contribution in [0.15, 0.2) is 29.3 Å². The Morgan fingerprint density at radius 3 is 2.83 bits per heavy atom. The molecule has 1 rings (SSSR count). The smallest absolute Gasteiger partial charge is 0.0632 e. The standard InChI is InChI=1S/C10H14N2/c1-11-7-9-4-3-5-10(6-9)8-12-2/h3-6,12H,1,7-8H2,2H3. The number of aliphatic imine (C=N–C) groups is 1. The molecule has 0 amide bonds. The van der Waals surface area contributed by atoms with E-state index in [0.29, 0.717) is 6.54 Å². The topological polar surface area (TPSA) is 24.4 Å². The molecular formula is C10H14N2. The first-order valence-corrected chi connectivity index (χ1v) is 4.01. The molecule has 1 aromatic carbocycles. The van der Waals surface area contributed by atoms with E-state index in [0.717, 1.165) is 6.54 Å². The third-order valence-corrected chi connectivity index (χ3v) is 1.67. The Hall–Kier alpha value is -1.15. The lowest BCUT2D eigenvalue weighted by atomic mass is 10.1. The van der Waals surface area contributed by atoms with Gasteiger partial charge in [0.15, 0.2) is 0 Å². The zero-order valence-corrected chi connectivity index (χ0v) is 7.38. The highest BCUT2D eigenvalue weighted by atomic mass is 14.8. The van der Waals surface area contributed by atoms with Crippen LogP contribution in [-0.2, 0) is 13.1 Å². The van der Waals surface area contributed by atoms with Gasteiger partial charge >= 0.3 is 0 Å². The fourth-order valence-corrected chi connectivity index (χ4v) is 1.17. The van der Waals surface area contributed by atoms with E-state index in [4.69, 9.17) is 0 Å². The molecule has 1 aromatic rings. The summed E-state index contributed by atoms with van der Waals surface area (Å²) in [6, 6.07) is 8.36. The predicted molar refractivity (Wildman–Crippen MR) is 52.5 cm³/mol. The minimum absolute atomic E-state index is 0.706. The highest BCUT2D eigenvalue weighted by Gasteiger charge is 1.92. The van der Waals surface area contributed by atoms with Gasteiger partial charge in [-0.25, -0.2) is 0 Å². The second kappa shape index (κ2) is 4.67. The Morgan fingerprint density at radius 2 is 2.17 bits per heavy atom. The highest BCUT2D eigenvalue weighted by molar-refractivity contribution is 5.27. The number of nitrogens with one attached hydrogen (secondary N) is 1. The van der Waals surface area contributed by atoms with Gasteiger partial charge in [0, 0.05) is 6.54 Å². The molecule has 0 bridgehead atoms. The number of nitrogens with zero attached hydrogens (tertiary/aromatic N) is 1. The van der Waals surface area contributed by atoms with Crippen molar-refractivity contribution in [3.05, 3.63) is 35.4 Å². The number of hydrogen-bond donors (Lipinski definition) is 1. The molecule has 0 atom stereocenters. The van der Waals surface area contributed by atoms with Gasteiger partial charge in [-0.3, -0.25) is 4.99 Å². The first-order valence-electron chi connectivity index (χ1n) is 4.01. The fraction of sp³-hybridized carbons (Fsp3) is 0.300. The summed E-state index contributed by atoms with van der Waals surface area (Å²) in [6.45, 7) is 5.08. The van der Waals surface area contributed by atoms with Crippen LogP contribution in [0.3, 0.4) is 0 Å². The molecule has 64 valence electrons. The molecule has 0 heterocycles. The van der Waals surface area contributed by atoms with Crippen LogP contribution in [0.2, 0.25) is 0 Å². The van der Waals surface area contributed by atoms with Crippen LogP contribution >= 0.6 is 0 Å². The number of rotatable bonds is 4. The van der Waals surface area contributed by atoms with Crippen LogP contribution in [0.5, 0.6) is 0 Å². The predicted octanol–water partition coefficient (Wildman–Crippen LogP) is 1.61. The molecule has 0 aromatic heterocycles. The van der Waals surface area contributed by atoms with Crippen molar-refractivity contribution in [2.45, 2.75) is 13.1 Å². The van der Waals surface area contributed by atoms with Gasteiger partial charge in [0.25, 0.3) is 0 Å². The Balaban J connectivity index is 2.73. The normalized spacial score (nSPS) is 9.75. The summed E-state index contributed by atoms with van der Waals surface area (Å²) < 4.78 is 0. The summed E-state index contributed by atoms with van der Waals surface area (Å²) in [5.41, 5.74) is 2.51. The van der Waals surface area contributed by atoms with Crippen molar-refractivity contribution in [1.82, 2.24) is 5.32 Å². The average molecular weight is 162 g/mol. The molecule has 1 N–H and O–H groups in total. The van der Waals surface area contributed by atoms with E-state index in [1.807, 2.05) is 13.1 Å². The monoisotopic (exact) mass is 162 g/mol. The SMILES string of the molecule is C=NCc1cccc(CNC)c1. The van der Waals surface area contributed by atoms with Crippen molar-refractivity contribution in [1.29, 1.82) is 0 Å². The van der Waals surface area contributed by atoms with Gasteiger partial charge in [0.2, 0.25) is 0 Å². The van der Waals surface area contributed by atoms with E-state index in [2.05, 4.69) is 35.2 Å². The highest BCUT2D eigenvalue weighted by Crippen LogP contribution is 2.05. The maximum Gasteiger partial charge on any atom is 0.0632 e. The molecule has 2 heteroatoms. The van der Waals surface area contributed by atoms with E-state index in [1.165, 1.54) is 11.1 Å². The number of hydrogen-bond acceptors (Lipinski definition) is 2. The van der Waals surface area contributed by atoms with Crippen molar-refractivity contribution in [2.24, 2.45) is 4.99 Å². The molecule has 0 saturated carbocycles. The molecular weight excluding hydrogens is 148 g/mol. The van der Waals surface area contributed by atoms with Gasteiger partial charge in [-0.05, 0) is 24.9 Å². The summed E-state index contributed by atoms with van der Waals surface area (Å²) in [6.07, 6.45) is 0. The largest absolute Gasteiger partial charge is 0.316 e. The van der Waals surface area contributed by atoms with Crippen LogP contribution in [0, 0.1) is 0 Å². The van der Waals surface area contributed by atoms with Gasteiger partial charge in [0.1, 0.15) is 0 Å². The lowest BCUT2D eigenvalue weighted by Gasteiger charge is -2.01. The molecule has 0 saturated heterocycles. The van der Waals surface area contributed by atoms with Crippen molar-refractivity contribution in [3.8, 4) is 0 Å². The molecule has 0 fully saturated rings. The van der Waals surface area contributed by atoms with E-state index in [-0.39, 0.29) is 0 Å². The Morgan fingerprint density at radius 1 is 1.42 bits per heavy atom. The van der Waals surface area contributed by atoms with Gasteiger partial charge in [-0.15, -0.1) is 0 Å². The molecule has 0 spiro atoms. The zero-order chi connectivity index (χ0) is 8.81. The number of benzene rings is 1. The molecule has 0 aliphatic heterocycles. The first kappa shape index (κ1) is 8.94. The second-order valence-electron chi connectivity index (χ2n) is 2.73. The Bertz CT molecular complexity index is 256. The van der Waals surface area contributed by atoms with Crippen LogP contribution in [0.1, 0.15) is 11.1 Å².